The maximum atomic E-state index is 12.4. The van der Waals surface area contributed by atoms with E-state index < -0.39 is 10.0 Å². The number of amides is 1. The largest absolute Gasteiger partial charge is 0.476 e. The van der Waals surface area contributed by atoms with E-state index in [1.165, 1.54) is 10.6 Å². The number of piperidine rings is 1. The summed E-state index contributed by atoms with van der Waals surface area (Å²) in [6.07, 6.45) is 4.10. The number of carbonyl (C=O) groups is 1. The lowest BCUT2D eigenvalue weighted by molar-refractivity contribution is -0.120. The molecule has 22 heavy (non-hydrogen) atoms. The first-order valence-electron chi connectivity index (χ1n) is 7.25. The number of aromatic nitrogens is 1. The average molecular weight is 327 g/mol. The SMILES string of the molecule is CCOc1ncccc1NC(=O)C1CCCN(S(C)(=O)=O)C1. The smallest absolute Gasteiger partial charge is 0.237 e. The summed E-state index contributed by atoms with van der Waals surface area (Å²) in [5, 5.41) is 2.79. The second kappa shape index (κ2) is 7.06. The average Bonchev–Trinajstić information content (AvgIpc) is 2.49. The molecular weight excluding hydrogens is 306 g/mol. The van der Waals surface area contributed by atoms with Crippen LogP contribution in [0.3, 0.4) is 0 Å². The van der Waals surface area contributed by atoms with Gasteiger partial charge in [0.1, 0.15) is 5.69 Å². The van der Waals surface area contributed by atoms with E-state index in [1.54, 1.807) is 18.3 Å². The first-order chi connectivity index (χ1) is 10.4. The molecule has 7 nitrogen and oxygen atoms in total. The molecule has 0 spiro atoms. The Balaban J connectivity index is 2.06. The van der Waals surface area contributed by atoms with Crippen LogP contribution in [0.2, 0.25) is 0 Å². The normalized spacial score (nSPS) is 19.6. The van der Waals surface area contributed by atoms with Gasteiger partial charge >= 0.3 is 0 Å². The fraction of sp³-hybridized carbons (Fsp3) is 0.571. The number of hydrogen-bond acceptors (Lipinski definition) is 5. The van der Waals surface area contributed by atoms with Crippen LogP contribution in [0, 0.1) is 5.92 Å². The van der Waals surface area contributed by atoms with E-state index in [4.69, 9.17) is 4.74 Å². The molecule has 1 unspecified atom stereocenters. The van der Waals surface area contributed by atoms with Gasteiger partial charge in [-0.25, -0.2) is 17.7 Å². The number of sulfonamides is 1. The summed E-state index contributed by atoms with van der Waals surface area (Å²) in [4.78, 5) is 16.5. The molecule has 0 aromatic carbocycles. The Morgan fingerprint density at radius 3 is 3.00 bits per heavy atom. The third kappa shape index (κ3) is 4.17. The summed E-state index contributed by atoms with van der Waals surface area (Å²) >= 11 is 0. The van der Waals surface area contributed by atoms with Gasteiger partial charge in [0.2, 0.25) is 21.8 Å². The zero-order chi connectivity index (χ0) is 16.2. The first kappa shape index (κ1) is 16.7. The van der Waals surface area contributed by atoms with E-state index in [2.05, 4.69) is 10.3 Å². The summed E-state index contributed by atoms with van der Waals surface area (Å²) in [7, 11) is -3.27. The summed E-state index contributed by atoms with van der Waals surface area (Å²) in [6, 6.07) is 3.43. The van der Waals surface area contributed by atoms with Crippen molar-refractivity contribution < 1.29 is 17.9 Å². The predicted molar refractivity (Wildman–Crippen MR) is 83.2 cm³/mol. The summed E-state index contributed by atoms with van der Waals surface area (Å²) in [5.41, 5.74) is 0.505. The molecule has 1 aromatic heterocycles. The van der Waals surface area contributed by atoms with Gasteiger partial charge in [0.25, 0.3) is 0 Å². The lowest BCUT2D eigenvalue weighted by Crippen LogP contribution is -2.43. The number of ether oxygens (including phenoxy) is 1. The number of carbonyl (C=O) groups excluding carboxylic acids is 1. The Morgan fingerprint density at radius 2 is 2.32 bits per heavy atom. The van der Waals surface area contributed by atoms with E-state index in [0.29, 0.717) is 37.6 Å². The van der Waals surface area contributed by atoms with Crippen LogP contribution >= 0.6 is 0 Å². The number of rotatable bonds is 5. The lowest BCUT2D eigenvalue weighted by Gasteiger charge is -2.30. The highest BCUT2D eigenvalue weighted by Crippen LogP contribution is 2.24. The standard InChI is InChI=1S/C14H21N3O4S/c1-3-21-14-12(7-4-8-15-14)16-13(18)11-6-5-9-17(10-11)22(2,19)20/h4,7-8,11H,3,5-6,9-10H2,1-2H3,(H,16,18). The van der Waals surface area contributed by atoms with Crippen LogP contribution in [0.25, 0.3) is 0 Å². The minimum Gasteiger partial charge on any atom is -0.476 e. The molecule has 2 heterocycles. The van der Waals surface area contributed by atoms with Crippen molar-refractivity contribution in [1.82, 2.24) is 9.29 Å². The maximum Gasteiger partial charge on any atom is 0.237 e. The fourth-order valence-electron chi connectivity index (χ4n) is 2.43. The van der Waals surface area contributed by atoms with E-state index in [9.17, 15) is 13.2 Å². The highest BCUT2D eigenvalue weighted by atomic mass is 32.2. The first-order valence-corrected chi connectivity index (χ1v) is 9.10. The number of pyridine rings is 1. The molecule has 1 saturated heterocycles. The molecular formula is C14H21N3O4S. The van der Waals surface area contributed by atoms with Gasteiger partial charge < -0.3 is 10.1 Å². The van der Waals surface area contributed by atoms with Crippen LogP contribution in [0.15, 0.2) is 18.3 Å². The van der Waals surface area contributed by atoms with Crippen LogP contribution in [0.5, 0.6) is 5.88 Å². The molecule has 0 aliphatic carbocycles. The monoisotopic (exact) mass is 327 g/mol. The number of anilines is 1. The Kier molecular flexibility index (Phi) is 5.36. The zero-order valence-corrected chi connectivity index (χ0v) is 13.6. The predicted octanol–water partition coefficient (Wildman–Crippen LogP) is 1.09. The van der Waals surface area contributed by atoms with E-state index in [-0.39, 0.29) is 18.4 Å². The van der Waals surface area contributed by atoms with Gasteiger partial charge in [-0.05, 0) is 31.9 Å². The fourth-order valence-corrected chi connectivity index (χ4v) is 3.34. The molecule has 1 aliphatic heterocycles. The van der Waals surface area contributed by atoms with Crippen molar-refractivity contribution in [1.29, 1.82) is 0 Å². The summed E-state index contributed by atoms with van der Waals surface area (Å²) < 4.78 is 30.0. The molecule has 1 atom stereocenters. The van der Waals surface area contributed by atoms with Crippen molar-refractivity contribution in [3.63, 3.8) is 0 Å². The third-order valence-corrected chi connectivity index (χ3v) is 4.80. The Labute approximate surface area is 130 Å². The van der Waals surface area contributed by atoms with Gasteiger partial charge in [0, 0.05) is 19.3 Å². The quantitative estimate of drug-likeness (QED) is 0.874. The maximum absolute atomic E-state index is 12.4. The number of nitrogens with one attached hydrogen (secondary N) is 1. The van der Waals surface area contributed by atoms with Crippen molar-refractivity contribution in [3.05, 3.63) is 18.3 Å². The van der Waals surface area contributed by atoms with Crippen LogP contribution in [-0.2, 0) is 14.8 Å². The molecule has 0 saturated carbocycles. The second-order valence-corrected chi connectivity index (χ2v) is 7.22. The van der Waals surface area contributed by atoms with Gasteiger partial charge in [-0.15, -0.1) is 0 Å². The zero-order valence-electron chi connectivity index (χ0n) is 12.8. The Bertz CT molecular complexity index is 633. The van der Waals surface area contributed by atoms with Crippen molar-refractivity contribution in [2.24, 2.45) is 5.92 Å². The number of nitrogens with zero attached hydrogens (tertiary/aromatic N) is 2. The summed E-state index contributed by atoms with van der Waals surface area (Å²) in [6.45, 7) is 2.98. The molecule has 0 bridgehead atoms. The van der Waals surface area contributed by atoms with Gasteiger partial charge in [0.15, 0.2) is 0 Å². The molecule has 1 aromatic rings. The molecule has 8 heteroatoms. The topological polar surface area (TPSA) is 88.6 Å². The van der Waals surface area contributed by atoms with Crippen LogP contribution < -0.4 is 10.1 Å². The van der Waals surface area contributed by atoms with Gasteiger partial charge in [0.05, 0.1) is 18.8 Å². The van der Waals surface area contributed by atoms with Gasteiger partial charge in [-0.1, -0.05) is 0 Å². The van der Waals surface area contributed by atoms with Crippen molar-refractivity contribution in [2.75, 3.05) is 31.3 Å². The van der Waals surface area contributed by atoms with Crippen LogP contribution in [-0.4, -0.2) is 49.6 Å². The van der Waals surface area contributed by atoms with Crippen molar-refractivity contribution in [3.8, 4) is 5.88 Å². The Morgan fingerprint density at radius 1 is 1.55 bits per heavy atom. The minimum absolute atomic E-state index is 0.206. The van der Waals surface area contributed by atoms with Crippen LogP contribution in [0.1, 0.15) is 19.8 Å². The number of hydrogen-bond donors (Lipinski definition) is 1. The molecule has 0 radical (unpaired) electrons. The van der Waals surface area contributed by atoms with Crippen molar-refractivity contribution in [2.45, 2.75) is 19.8 Å². The molecule has 2 rings (SSSR count). The lowest BCUT2D eigenvalue weighted by atomic mass is 9.99. The summed E-state index contributed by atoms with van der Waals surface area (Å²) in [5.74, 6) is -0.199. The Hall–Kier alpha value is -1.67. The minimum atomic E-state index is -3.27. The molecule has 1 fully saturated rings. The highest BCUT2D eigenvalue weighted by Gasteiger charge is 2.30. The van der Waals surface area contributed by atoms with Gasteiger partial charge in [-0.3, -0.25) is 4.79 Å². The van der Waals surface area contributed by atoms with E-state index in [0.717, 1.165) is 0 Å². The van der Waals surface area contributed by atoms with E-state index in [1.807, 2.05) is 6.92 Å². The second-order valence-electron chi connectivity index (χ2n) is 5.24. The molecule has 1 N–H and O–H groups in total. The molecule has 1 aliphatic rings. The molecule has 122 valence electrons. The van der Waals surface area contributed by atoms with Crippen LogP contribution in [0.4, 0.5) is 5.69 Å². The van der Waals surface area contributed by atoms with E-state index >= 15 is 0 Å². The van der Waals surface area contributed by atoms with Gasteiger partial charge in [-0.2, -0.15) is 0 Å². The molecule has 1 amide bonds. The highest BCUT2D eigenvalue weighted by molar-refractivity contribution is 7.88. The van der Waals surface area contributed by atoms with Crippen molar-refractivity contribution >= 4 is 21.6 Å². The third-order valence-electron chi connectivity index (χ3n) is 3.53.